The molecule has 26 heavy (non-hydrogen) atoms. The molecule has 2 rings (SSSR count). The number of benzene rings is 2. The van der Waals surface area contributed by atoms with Crippen LogP contribution in [-0.2, 0) is 22.9 Å². The first-order chi connectivity index (χ1) is 11.8. The molecule has 2 aromatic carbocycles. The third-order valence-electron chi connectivity index (χ3n) is 3.71. The zero-order valence-electron chi connectivity index (χ0n) is 14.9. The summed E-state index contributed by atoms with van der Waals surface area (Å²) in [6.07, 6.45) is 1.20. The van der Waals surface area contributed by atoms with E-state index in [4.69, 9.17) is 11.6 Å². The maximum atomic E-state index is 11.5. The van der Waals surface area contributed by atoms with Gasteiger partial charge >= 0.3 is 0 Å². The molecular formula is C18H23ClIN3O2S. The Hall–Kier alpha value is -1.32. The van der Waals surface area contributed by atoms with E-state index in [1.807, 2.05) is 36.2 Å². The largest absolute Gasteiger partial charge is 0.352 e. The maximum Gasteiger partial charge on any atom is 0.193 e. The zero-order valence-corrected chi connectivity index (χ0v) is 18.8. The molecule has 142 valence electrons. The lowest BCUT2D eigenvalue weighted by molar-refractivity contribution is 0.476. The van der Waals surface area contributed by atoms with Crippen molar-refractivity contribution in [1.82, 2.24) is 10.2 Å². The lowest BCUT2D eigenvalue weighted by Gasteiger charge is -2.22. The van der Waals surface area contributed by atoms with Gasteiger partial charge in [-0.1, -0.05) is 35.9 Å². The normalized spacial score (nSPS) is 11.6. The number of guanidine groups is 1. The Bertz CT molecular complexity index is 838. The van der Waals surface area contributed by atoms with Crippen LogP contribution in [-0.4, -0.2) is 39.6 Å². The van der Waals surface area contributed by atoms with E-state index < -0.39 is 9.84 Å². The van der Waals surface area contributed by atoms with Gasteiger partial charge < -0.3 is 10.2 Å². The zero-order chi connectivity index (χ0) is 18.4. The number of sulfone groups is 1. The Labute approximate surface area is 177 Å². The van der Waals surface area contributed by atoms with Gasteiger partial charge in [0.2, 0.25) is 0 Å². The van der Waals surface area contributed by atoms with E-state index in [0.717, 1.165) is 17.1 Å². The van der Waals surface area contributed by atoms with Crippen molar-refractivity contribution in [2.45, 2.75) is 18.0 Å². The summed E-state index contributed by atoms with van der Waals surface area (Å²) in [4.78, 5) is 6.61. The van der Waals surface area contributed by atoms with Gasteiger partial charge in [0.15, 0.2) is 15.8 Å². The summed E-state index contributed by atoms with van der Waals surface area (Å²) >= 11 is 5.91. The third-order valence-corrected chi connectivity index (χ3v) is 5.09. The summed E-state index contributed by atoms with van der Waals surface area (Å²) in [6.45, 7) is 1.26. The Morgan fingerprint density at radius 1 is 1.08 bits per heavy atom. The van der Waals surface area contributed by atoms with Crippen molar-refractivity contribution in [3.8, 4) is 0 Å². The number of nitrogens with zero attached hydrogens (tertiary/aromatic N) is 2. The van der Waals surface area contributed by atoms with Crippen LogP contribution in [0.5, 0.6) is 0 Å². The molecule has 0 aliphatic rings. The molecule has 0 bridgehead atoms. The maximum absolute atomic E-state index is 11.5. The second kappa shape index (κ2) is 10.1. The van der Waals surface area contributed by atoms with Gasteiger partial charge in [0.05, 0.1) is 4.90 Å². The van der Waals surface area contributed by atoms with Crippen LogP contribution in [0.2, 0.25) is 5.02 Å². The van der Waals surface area contributed by atoms with E-state index in [9.17, 15) is 8.42 Å². The lowest BCUT2D eigenvalue weighted by atomic mass is 10.2. The molecule has 5 nitrogen and oxygen atoms in total. The first kappa shape index (κ1) is 22.7. The van der Waals surface area contributed by atoms with Gasteiger partial charge in [0.1, 0.15) is 0 Å². The average molecular weight is 508 g/mol. The number of aliphatic imine (C=N–C) groups is 1. The molecule has 0 saturated heterocycles. The van der Waals surface area contributed by atoms with Crippen molar-refractivity contribution in [1.29, 1.82) is 0 Å². The molecule has 0 aromatic heterocycles. The van der Waals surface area contributed by atoms with Gasteiger partial charge in [-0.3, -0.25) is 4.99 Å². The molecule has 0 saturated carbocycles. The van der Waals surface area contributed by atoms with E-state index >= 15 is 0 Å². The van der Waals surface area contributed by atoms with Crippen LogP contribution in [0.1, 0.15) is 11.1 Å². The van der Waals surface area contributed by atoms with Crippen LogP contribution in [0, 0.1) is 0 Å². The predicted molar refractivity (Wildman–Crippen MR) is 118 cm³/mol. The van der Waals surface area contributed by atoms with E-state index in [2.05, 4.69) is 10.3 Å². The quantitative estimate of drug-likeness (QED) is 0.382. The summed E-state index contributed by atoms with van der Waals surface area (Å²) in [5.74, 6) is 0.752. The fourth-order valence-corrected chi connectivity index (χ4v) is 3.12. The van der Waals surface area contributed by atoms with Gasteiger partial charge in [-0.2, -0.15) is 0 Å². The molecule has 0 spiro atoms. The number of hydrogen-bond donors (Lipinski definition) is 1. The number of hydrogen-bond acceptors (Lipinski definition) is 3. The Kier molecular flexibility index (Phi) is 8.85. The topological polar surface area (TPSA) is 61.8 Å². The molecule has 0 atom stereocenters. The summed E-state index contributed by atoms with van der Waals surface area (Å²) in [7, 11) is 0.516. The summed E-state index contributed by atoms with van der Waals surface area (Å²) in [5, 5.41) is 3.99. The predicted octanol–water partition coefficient (Wildman–Crippen LogP) is 3.57. The van der Waals surface area contributed by atoms with Crippen LogP contribution in [0.4, 0.5) is 0 Å². The molecule has 0 unspecified atom stereocenters. The molecular weight excluding hydrogens is 485 g/mol. The lowest BCUT2D eigenvalue weighted by Crippen LogP contribution is -2.38. The van der Waals surface area contributed by atoms with Crippen molar-refractivity contribution >= 4 is 51.4 Å². The molecule has 0 heterocycles. The summed E-state index contributed by atoms with van der Waals surface area (Å²) in [6, 6.07) is 14.5. The first-order valence-electron chi connectivity index (χ1n) is 7.75. The van der Waals surface area contributed by atoms with E-state index in [1.54, 1.807) is 31.3 Å². The fourth-order valence-electron chi connectivity index (χ4n) is 2.36. The van der Waals surface area contributed by atoms with Gasteiger partial charge in [-0.05, 0) is 35.4 Å². The van der Waals surface area contributed by atoms with Gasteiger partial charge in [-0.15, -0.1) is 24.0 Å². The van der Waals surface area contributed by atoms with Crippen LogP contribution < -0.4 is 5.32 Å². The highest BCUT2D eigenvalue weighted by Gasteiger charge is 2.08. The molecule has 0 amide bonds. The van der Waals surface area contributed by atoms with E-state index in [-0.39, 0.29) is 24.0 Å². The van der Waals surface area contributed by atoms with E-state index in [1.165, 1.54) is 6.26 Å². The summed E-state index contributed by atoms with van der Waals surface area (Å²) in [5.41, 5.74) is 2.11. The van der Waals surface area contributed by atoms with Gasteiger partial charge in [-0.25, -0.2) is 8.42 Å². The van der Waals surface area contributed by atoms with Crippen molar-refractivity contribution in [2.24, 2.45) is 4.99 Å². The Morgan fingerprint density at radius 2 is 1.62 bits per heavy atom. The first-order valence-corrected chi connectivity index (χ1v) is 10.0. The van der Waals surface area contributed by atoms with Crippen molar-refractivity contribution in [3.05, 3.63) is 64.7 Å². The average Bonchev–Trinajstić information content (AvgIpc) is 2.57. The number of halogens is 2. The molecule has 0 aliphatic heterocycles. The highest BCUT2D eigenvalue weighted by Crippen LogP contribution is 2.12. The highest BCUT2D eigenvalue weighted by molar-refractivity contribution is 14.0. The molecule has 0 radical (unpaired) electrons. The van der Waals surface area contributed by atoms with Crippen molar-refractivity contribution < 1.29 is 8.42 Å². The summed E-state index contributed by atoms with van der Waals surface area (Å²) < 4.78 is 23.0. The monoisotopic (exact) mass is 507 g/mol. The standard InChI is InChI=1S/C18H22ClN3O2S.HI/c1-20-18(22(2)13-15-4-8-16(19)9-5-15)21-12-14-6-10-17(11-7-14)25(3,23)24;/h4-11H,12-13H2,1-3H3,(H,20,21);1H. The molecule has 1 N–H and O–H groups in total. The number of rotatable bonds is 5. The van der Waals surface area contributed by atoms with E-state index in [0.29, 0.717) is 23.0 Å². The molecule has 0 fully saturated rings. The van der Waals surface area contributed by atoms with Crippen molar-refractivity contribution in [2.75, 3.05) is 20.4 Å². The second-order valence-electron chi connectivity index (χ2n) is 5.80. The minimum Gasteiger partial charge on any atom is -0.352 e. The Morgan fingerprint density at radius 3 is 2.12 bits per heavy atom. The molecule has 2 aromatic rings. The van der Waals surface area contributed by atoms with Crippen LogP contribution in [0.15, 0.2) is 58.4 Å². The Balaban J connectivity index is 0.00000338. The van der Waals surface area contributed by atoms with Crippen LogP contribution >= 0.6 is 35.6 Å². The molecule has 0 aliphatic carbocycles. The molecule has 8 heteroatoms. The fraction of sp³-hybridized carbons (Fsp3) is 0.278. The second-order valence-corrected chi connectivity index (χ2v) is 8.25. The highest BCUT2D eigenvalue weighted by atomic mass is 127. The van der Waals surface area contributed by atoms with Crippen LogP contribution in [0.25, 0.3) is 0 Å². The van der Waals surface area contributed by atoms with Gasteiger partial charge in [0.25, 0.3) is 0 Å². The van der Waals surface area contributed by atoms with Crippen LogP contribution in [0.3, 0.4) is 0 Å². The van der Waals surface area contributed by atoms with Gasteiger partial charge in [0, 0.05) is 38.5 Å². The SMILES string of the molecule is CN=C(NCc1ccc(S(C)(=O)=O)cc1)N(C)Cc1ccc(Cl)cc1.I. The minimum absolute atomic E-state index is 0. The third kappa shape index (κ3) is 6.77. The van der Waals surface area contributed by atoms with Crippen molar-refractivity contribution in [3.63, 3.8) is 0 Å². The smallest absolute Gasteiger partial charge is 0.193 e. The number of nitrogens with one attached hydrogen (secondary N) is 1. The minimum atomic E-state index is -3.17.